The molecule has 2 rings (SSSR count). The van der Waals surface area contributed by atoms with E-state index >= 15 is 0 Å². The minimum Gasteiger partial charge on any atom is -0.485 e. The Hall–Kier alpha value is -2.93. The van der Waals surface area contributed by atoms with Crippen LogP contribution in [-0.2, 0) is 4.79 Å². The lowest BCUT2D eigenvalue weighted by molar-refractivity contribution is -0.177. The molecule has 1 atom stereocenters. The van der Waals surface area contributed by atoms with Crippen molar-refractivity contribution in [2.24, 2.45) is 0 Å². The fraction of sp³-hybridized carbons (Fsp3) is 0.350. The van der Waals surface area contributed by atoms with Gasteiger partial charge in [0.25, 0.3) is 6.43 Å². The highest BCUT2D eigenvalue weighted by molar-refractivity contribution is 6.36. The molecule has 0 radical (unpaired) electrons. The molecular weight excluding hydrogens is 529 g/mol. The predicted octanol–water partition coefficient (Wildman–Crippen LogP) is 5.52. The molecule has 0 bridgehead atoms. The van der Waals surface area contributed by atoms with Crippen LogP contribution in [0.2, 0.25) is 10.0 Å². The fourth-order valence-corrected chi connectivity index (χ4v) is 3.32. The van der Waals surface area contributed by atoms with E-state index < -0.39 is 43.0 Å². The number of benzene rings is 1. The van der Waals surface area contributed by atoms with Crippen LogP contribution in [0.3, 0.4) is 0 Å². The van der Waals surface area contributed by atoms with Crippen LogP contribution < -0.4 is 15.5 Å². The van der Waals surface area contributed by atoms with Crippen LogP contribution in [0, 0.1) is 5.82 Å². The van der Waals surface area contributed by atoms with Crippen molar-refractivity contribution in [1.82, 2.24) is 20.7 Å². The van der Waals surface area contributed by atoms with Gasteiger partial charge in [0, 0.05) is 28.9 Å². The van der Waals surface area contributed by atoms with Gasteiger partial charge in [0.05, 0.1) is 16.8 Å². The molecular formula is C20H18Cl2F6N4O3. The number of halogens is 8. The summed E-state index contributed by atoms with van der Waals surface area (Å²) in [5.74, 6) is -3.49. The van der Waals surface area contributed by atoms with Gasteiger partial charge in [-0.3, -0.25) is 15.2 Å². The number of ether oxygens (including phenoxy) is 1. The van der Waals surface area contributed by atoms with Gasteiger partial charge in [-0.05, 0) is 32.0 Å². The van der Waals surface area contributed by atoms with Crippen LogP contribution in [0.15, 0.2) is 24.4 Å². The highest BCUT2D eigenvalue weighted by Crippen LogP contribution is 2.39. The van der Waals surface area contributed by atoms with E-state index in [0.29, 0.717) is 5.01 Å². The average Bonchev–Trinajstić information content (AvgIpc) is 2.74. The van der Waals surface area contributed by atoms with E-state index in [1.54, 1.807) is 0 Å². The lowest BCUT2D eigenvalue weighted by Gasteiger charge is -2.24. The van der Waals surface area contributed by atoms with Crippen molar-refractivity contribution < 1.29 is 40.7 Å². The van der Waals surface area contributed by atoms with Gasteiger partial charge in [-0.2, -0.15) is 13.2 Å². The molecule has 0 saturated heterocycles. The maximum absolute atomic E-state index is 14.9. The summed E-state index contributed by atoms with van der Waals surface area (Å²) in [6, 6.07) is 1.22. The number of urea groups is 1. The molecule has 0 unspecified atom stereocenters. The number of nitrogens with zero attached hydrogens (tertiary/aromatic N) is 2. The van der Waals surface area contributed by atoms with Crippen molar-refractivity contribution in [2.75, 3.05) is 13.2 Å². The monoisotopic (exact) mass is 546 g/mol. The maximum atomic E-state index is 14.9. The largest absolute Gasteiger partial charge is 0.485 e. The van der Waals surface area contributed by atoms with Crippen molar-refractivity contribution >= 4 is 35.1 Å². The number of nitrogens with one attached hydrogen (secondary N) is 2. The zero-order valence-electron chi connectivity index (χ0n) is 18.0. The molecule has 0 aliphatic heterocycles. The SMILES string of the molecule is CCN(NC(=O)C(F)(F)F)C(=O)N[C@H](C)c1ncc(-c2cc(Cl)cc(Cl)c2OCC(F)F)cc1F. The minimum absolute atomic E-state index is 0.0612. The Morgan fingerprint density at radius 1 is 1.20 bits per heavy atom. The Morgan fingerprint density at radius 2 is 1.86 bits per heavy atom. The third kappa shape index (κ3) is 7.52. The first kappa shape index (κ1) is 28.3. The highest BCUT2D eigenvalue weighted by atomic mass is 35.5. The smallest absolute Gasteiger partial charge is 0.472 e. The Morgan fingerprint density at radius 3 is 2.40 bits per heavy atom. The molecule has 0 fully saturated rings. The molecule has 15 heteroatoms. The first-order chi connectivity index (χ1) is 16.2. The summed E-state index contributed by atoms with van der Waals surface area (Å²) in [6.45, 7) is 1.30. The van der Waals surface area contributed by atoms with Crippen molar-refractivity contribution in [1.29, 1.82) is 0 Å². The molecule has 1 heterocycles. The van der Waals surface area contributed by atoms with Gasteiger partial charge >= 0.3 is 18.1 Å². The van der Waals surface area contributed by atoms with Crippen LogP contribution in [-0.4, -0.2) is 47.7 Å². The summed E-state index contributed by atoms with van der Waals surface area (Å²) >= 11 is 12.0. The lowest BCUT2D eigenvalue weighted by atomic mass is 10.0. The molecule has 35 heavy (non-hydrogen) atoms. The fourth-order valence-electron chi connectivity index (χ4n) is 2.77. The number of aromatic nitrogens is 1. The topological polar surface area (TPSA) is 83.6 Å². The second-order valence-electron chi connectivity index (χ2n) is 6.91. The molecule has 1 aromatic heterocycles. The van der Waals surface area contributed by atoms with E-state index in [1.807, 2.05) is 0 Å². The minimum atomic E-state index is -5.22. The zero-order chi connectivity index (χ0) is 26.5. The number of amides is 3. The van der Waals surface area contributed by atoms with E-state index in [4.69, 9.17) is 27.9 Å². The Balaban J connectivity index is 2.26. The van der Waals surface area contributed by atoms with Gasteiger partial charge in [-0.1, -0.05) is 23.2 Å². The van der Waals surface area contributed by atoms with Crippen molar-refractivity contribution in [3.63, 3.8) is 0 Å². The van der Waals surface area contributed by atoms with Crippen molar-refractivity contribution in [3.05, 3.63) is 46.0 Å². The summed E-state index contributed by atoms with van der Waals surface area (Å²) in [5, 5.41) is 2.59. The number of hydrogen-bond acceptors (Lipinski definition) is 4. The van der Waals surface area contributed by atoms with Crippen LogP contribution in [0.4, 0.5) is 31.1 Å². The van der Waals surface area contributed by atoms with Crippen LogP contribution >= 0.6 is 23.2 Å². The summed E-state index contributed by atoms with van der Waals surface area (Å²) in [4.78, 5) is 27.2. The number of carbonyl (C=O) groups is 2. The lowest BCUT2D eigenvalue weighted by Crippen LogP contribution is -2.54. The molecule has 0 saturated carbocycles. The number of rotatable bonds is 7. The molecule has 3 amide bonds. The summed E-state index contributed by atoms with van der Waals surface area (Å²) in [6.07, 6.45) is -6.88. The third-order valence-corrected chi connectivity index (χ3v) is 4.85. The van der Waals surface area contributed by atoms with Crippen LogP contribution in [0.5, 0.6) is 5.75 Å². The van der Waals surface area contributed by atoms with Gasteiger partial charge < -0.3 is 10.1 Å². The maximum Gasteiger partial charge on any atom is 0.472 e. The molecule has 7 nitrogen and oxygen atoms in total. The number of hydrogen-bond donors (Lipinski definition) is 2. The number of pyridine rings is 1. The standard InChI is InChI=1S/C20H18Cl2F6N4O3/c1-3-32(31-18(33)20(26,27)28)19(34)30-9(2)16-14(23)4-10(7-29-16)12-5-11(21)6-13(22)17(12)35-8-15(24)25/h4-7,9,15H,3,8H2,1-2H3,(H,30,34)(H,31,33)/t9-/m1/s1. The number of hydrazine groups is 1. The van der Waals surface area contributed by atoms with E-state index in [0.717, 1.165) is 12.3 Å². The Labute approximate surface area is 205 Å². The molecule has 1 aromatic carbocycles. The Bertz CT molecular complexity index is 1090. The number of carbonyl (C=O) groups excluding carboxylic acids is 2. The van der Waals surface area contributed by atoms with Crippen molar-refractivity contribution in [3.8, 4) is 16.9 Å². The third-order valence-electron chi connectivity index (χ3n) is 4.35. The molecule has 2 N–H and O–H groups in total. The van der Waals surface area contributed by atoms with Gasteiger partial charge in [0.2, 0.25) is 0 Å². The summed E-state index contributed by atoms with van der Waals surface area (Å²) < 4.78 is 82.4. The second kappa shape index (κ2) is 11.7. The molecule has 2 aromatic rings. The summed E-state index contributed by atoms with van der Waals surface area (Å²) in [7, 11) is 0. The first-order valence-corrected chi connectivity index (χ1v) is 10.5. The van der Waals surface area contributed by atoms with E-state index in [-0.39, 0.29) is 39.2 Å². The van der Waals surface area contributed by atoms with Gasteiger partial charge in [-0.25, -0.2) is 23.0 Å². The quantitative estimate of drug-likeness (QED) is 0.353. The van der Waals surface area contributed by atoms with Crippen LogP contribution in [0.1, 0.15) is 25.6 Å². The predicted molar refractivity (Wildman–Crippen MR) is 115 cm³/mol. The first-order valence-electron chi connectivity index (χ1n) is 9.76. The molecule has 0 spiro atoms. The van der Waals surface area contributed by atoms with Gasteiger partial charge in [0.1, 0.15) is 18.2 Å². The molecule has 0 aliphatic carbocycles. The molecule has 0 aliphatic rings. The molecule has 192 valence electrons. The normalized spacial score (nSPS) is 12.3. The van der Waals surface area contributed by atoms with Gasteiger partial charge in [0.15, 0.2) is 0 Å². The number of alkyl halides is 5. The average molecular weight is 547 g/mol. The van der Waals surface area contributed by atoms with Crippen molar-refractivity contribution in [2.45, 2.75) is 32.5 Å². The van der Waals surface area contributed by atoms with Gasteiger partial charge in [-0.15, -0.1) is 0 Å². The summed E-state index contributed by atoms with van der Waals surface area (Å²) in [5.41, 5.74) is 1.23. The van der Waals surface area contributed by atoms with E-state index in [1.165, 1.54) is 31.4 Å². The second-order valence-corrected chi connectivity index (χ2v) is 7.76. The Kier molecular flexibility index (Phi) is 9.44. The van der Waals surface area contributed by atoms with Crippen LogP contribution in [0.25, 0.3) is 11.1 Å². The van der Waals surface area contributed by atoms with E-state index in [9.17, 15) is 35.9 Å². The zero-order valence-corrected chi connectivity index (χ0v) is 19.5. The highest BCUT2D eigenvalue weighted by Gasteiger charge is 2.40. The van der Waals surface area contributed by atoms with E-state index in [2.05, 4.69) is 10.3 Å².